The lowest BCUT2D eigenvalue weighted by molar-refractivity contribution is 1.18. The maximum absolute atomic E-state index is 2.48. The third-order valence-electron chi connectivity index (χ3n) is 13.4. The molecular formula is C64H42N2S. The fraction of sp³-hybridized carbons (Fsp3) is 0. The van der Waals surface area contributed by atoms with Gasteiger partial charge in [-0.2, -0.15) is 0 Å². The van der Waals surface area contributed by atoms with Crippen LogP contribution < -0.4 is 4.90 Å². The van der Waals surface area contributed by atoms with E-state index in [4.69, 9.17) is 0 Å². The number of hydrogen-bond donors (Lipinski definition) is 0. The molecule has 0 aliphatic rings. The summed E-state index contributed by atoms with van der Waals surface area (Å²) in [5.74, 6) is 0. The van der Waals surface area contributed by atoms with E-state index in [2.05, 4.69) is 264 Å². The SMILES string of the molecule is c1ccc(-c2ccc(N(c3ccc(-c4cccc(-c5cccc6ccccc56)c4)cc3)c3cccc(-c4cccc5c4c4ccccc4n5-c4ccccc4)c3)c3c2sc2ccccc23)cc1. The summed E-state index contributed by atoms with van der Waals surface area (Å²) in [5, 5.41) is 7.52. The topological polar surface area (TPSA) is 8.17 Å². The van der Waals surface area contributed by atoms with Crippen LogP contribution in [0.25, 0.3) is 103 Å². The second-order valence-electron chi connectivity index (χ2n) is 17.2. The molecule has 0 N–H and O–H groups in total. The lowest BCUT2D eigenvalue weighted by atomic mass is 9.95. The minimum Gasteiger partial charge on any atom is -0.310 e. The summed E-state index contributed by atoms with van der Waals surface area (Å²) in [5.41, 5.74) is 16.5. The Morgan fingerprint density at radius 2 is 0.940 bits per heavy atom. The van der Waals surface area contributed by atoms with Crippen molar-refractivity contribution in [1.82, 2.24) is 4.57 Å². The predicted molar refractivity (Wildman–Crippen MR) is 288 cm³/mol. The van der Waals surface area contributed by atoms with E-state index < -0.39 is 0 Å². The average molecular weight is 871 g/mol. The molecule has 2 aromatic heterocycles. The first-order chi connectivity index (χ1) is 33.2. The highest BCUT2D eigenvalue weighted by Gasteiger charge is 2.23. The summed E-state index contributed by atoms with van der Waals surface area (Å²) < 4.78 is 4.96. The van der Waals surface area contributed by atoms with Crippen LogP contribution in [0, 0.1) is 0 Å². The Bertz CT molecular complexity index is 3970. The molecule has 0 spiro atoms. The molecule has 3 heteroatoms. The van der Waals surface area contributed by atoms with Crippen molar-refractivity contribution in [3.63, 3.8) is 0 Å². The molecule has 0 saturated heterocycles. The van der Waals surface area contributed by atoms with Crippen molar-refractivity contribution in [2.24, 2.45) is 0 Å². The summed E-state index contributed by atoms with van der Waals surface area (Å²) in [6, 6.07) is 93.1. The molecule has 0 fully saturated rings. The Morgan fingerprint density at radius 3 is 1.79 bits per heavy atom. The summed E-state index contributed by atoms with van der Waals surface area (Å²) in [4.78, 5) is 2.48. The number of para-hydroxylation sites is 2. The van der Waals surface area contributed by atoms with Gasteiger partial charge in [0.15, 0.2) is 0 Å². The molecule has 0 bridgehead atoms. The molecule has 314 valence electrons. The quantitative estimate of drug-likeness (QED) is 0.148. The average Bonchev–Trinajstić information content (AvgIpc) is 3.96. The van der Waals surface area contributed by atoms with E-state index in [1.807, 2.05) is 11.3 Å². The highest BCUT2D eigenvalue weighted by Crippen LogP contribution is 2.49. The van der Waals surface area contributed by atoms with Crippen LogP contribution >= 0.6 is 11.3 Å². The number of anilines is 3. The third-order valence-corrected chi connectivity index (χ3v) is 14.6. The molecule has 11 aromatic carbocycles. The summed E-state index contributed by atoms with van der Waals surface area (Å²) >= 11 is 1.88. The molecule has 67 heavy (non-hydrogen) atoms. The minimum atomic E-state index is 1.09. The molecule has 0 unspecified atom stereocenters. The Balaban J connectivity index is 1.00. The number of benzene rings is 11. The fourth-order valence-corrected chi connectivity index (χ4v) is 11.6. The zero-order chi connectivity index (χ0) is 44.3. The zero-order valence-electron chi connectivity index (χ0n) is 36.6. The van der Waals surface area contributed by atoms with Crippen molar-refractivity contribution in [3.05, 3.63) is 255 Å². The molecule has 13 aromatic rings. The normalized spacial score (nSPS) is 11.6. The molecule has 2 heterocycles. The first-order valence-electron chi connectivity index (χ1n) is 22.9. The second kappa shape index (κ2) is 16.2. The van der Waals surface area contributed by atoms with Gasteiger partial charge in [0, 0.05) is 48.0 Å². The number of fused-ring (bicyclic) bond motifs is 7. The number of hydrogen-bond acceptors (Lipinski definition) is 2. The number of nitrogens with zero attached hydrogens (tertiary/aromatic N) is 2. The van der Waals surface area contributed by atoms with Crippen LogP contribution in [0.2, 0.25) is 0 Å². The van der Waals surface area contributed by atoms with E-state index in [1.165, 1.54) is 97.3 Å². The van der Waals surface area contributed by atoms with Gasteiger partial charge in [-0.05, 0) is 122 Å². The number of rotatable bonds is 8. The molecule has 0 aliphatic heterocycles. The van der Waals surface area contributed by atoms with Crippen LogP contribution in [-0.2, 0) is 0 Å². The maximum Gasteiger partial charge on any atom is 0.0555 e. The van der Waals surface area contributed by atoms with Gasteiger partial charge in [0.05, 0.1) is 16.7 Å². The van der Waals surface area contributed by atoms with Crippen molar-refractivity contribution in [2.75, 3.05) is 4.90 Å². The van der Waals surface area contributed by atoms with Gasteiger partial charge in [0.1, 0.15) is 0 Å². The van der Waals surface area contributed by atoms with Crippen molar-refractivity contribution in [3.8, 4) is 50.2 Å². The lowest BCUT2D eigenvalue weighted by Gasteiger charge is -2.28. The highest BCUT2D eigenvalue weighted by molar-refractivity contribution is 7.26. The maximum atomic E-state index is 2.48. The summed E-state index contributed by atoms with van der Waals surface area (Å²) in [7, 11) is 0. The Hall–Kier alpha value is -8.50. The predicted octanol–water partition coefficient (Wildman–Crippen LogP) is 18.4. The minimum absolute atomic E-state index is 1.09. The van der Waals surface area contributed by atoms with Gasteiger partial charge in [-0.3, -0.25) is 0 Å². The number of aromatic nitrogens is 1. The van der Waals surface area contributed by atoms with Crippen LogP contribution in [0.3, 0.4) is 0 Å². The van der Waals surface area contributed by atoms with E-state index in [-0.39, 0.29) is 0 Å². The fourth-order valence-electron chi connectivity index (χ4n) is 10.3. The van der Waals surface area contributed by atoms with E-state index >= 15 is 0 Å². The van der Waals surface area contributed by atoms with Crippen LogP contribution in [-0.4, -0.2) is 4.57 Å². The van der Waals surface area contributed by atoms with Crippen LogP contribution in [0.1, 0.15) is 0 Å². The first-order valence-corrected chi connectivity index (χ1v) is 23.7. The van der Waals surface area contributed by atoms with E-state index in [9.17, 15) is 0 Å². The van der Waals surface area contributed by atoms with Gasteiger partial charge < -0.3 is 9.47 Å². The Morgan fingerprint density at radius 1 is 0.328 bits per heavy atom. The molecule has 0 radical (unpaired) electrons. The standard InChI is InChI=1S/C64H42N2S/c1-3-17-45(18-4-1)55-39-40-60(63-57-29-10-12-34-61(57)67-64(55)63)65(50-37-35-43(36-38-50)46-21-13-22-47(41-46)53-30-15-20-44-19-7-8-27-52(44)53)51-26-14-23-48(42-51)54-31-16-33-59-62(54)56-28-9-11-32-58(56)66(59)49-24-5-2-6-25-49/h1-42H. The molecule has 13 rings (SSSR count). The van der Waals surface area contributed by atoms with Gasteiger partial charge in [-0.1, -0.05) is 188 Å². The van der Waals surface area contributed by atoms with Gasteiger partial charge in [-0.15, -0.1) is 11.3 Å². The van der Waals surface area contributed by atoms with Crippen molar-refractivity contribution in [1.29, 1.82) is 0 Å². The monoisotopic (exact) mass is 870 g/mol. The Labute approximate surface area is 393 Å². The van der Waals surface area contributed by atoms with E-state index in [1.54, 1.807) is 0 Å². The summed E-state index contributed by atoms with van der Waals surface area (Å²) in [6.45, 7) is 0. The van der Waals surface area contributed by atoms with Gasteiger partial charge in [0.2, 0.25) is 0 Å². The molecular weight excluding hydrogens is 829 g/mol. The van der Waals surface area contributed by atoms with Crippen LogP contribution in [0.5, 0.6) is 0 Å². The molecule has 2 nitrogen and oxygen atoms in total. The Kier molecular flexibility index (Phi) is 9.40. The third kappa shape index (κ3) is 6.63. The second-order valence-corrected chi connectivity index (χ2v) is 18.3. The zero-order valence-corrected chi connectivity index (χ0v) is 37.4. The van der Waals surface area contributed by atoms with Crippen molar-refractivity contribution < 1.29 is 0 Å². The molecule has 0 amide bonds. The molecule has 0 aliphatic carbocycles. The number of thiophene rings is 1. The molecule has 0 atom stereocenters. The largest absolute Gasteiger partial charge is 0.310 e. The van der Waals surface area contributed by atoms with Crippen molar-refractivity contribution >= 4 is 81.1 Å². The van der Waals surface area contributed by atoms with Crippen LogP contribution in [0.4, 0.5) is 17.1 Å². The van der Waals surface area contributed by atoms with Crippen LogP contribution in [0.15, 0.2) is 255 Å². The molecule has 0 saturated carbocycles. The summed E-state index contributed by atoms with van der Waals surface area (Å²) in [6.07, 6.45) is 0. The van der Waals surface area contributed by atoms with Crippen molar-refractivity contribution in [2.45, 2.75) is 0 Å². The highest BCUT2D eigenvalue weighted by atomic mass is 32.1. The van der Waals surface area contributed by atoms with E-state index in [0.29, 0.717) is 0 Å². The lowest BCUT2D eigenvalue weighted by Crippen LogP contribution is -2.10. The van der Waals surface area contributed by atoms with Gasteiger partial charge >= 0.3 is 0 Å². The van der Waals surface area contributed by atoms with Gasteiger partial charge in [-0.25, -0.2) is 0 Å². The van der Waals surface area contributed by atoms with Gasteiger partial charge in [0.25, 0.3) is 0 Å². The smallest absolute Gasteiger partial charge is 0.0555 e. The first kappa shape index (κ1) is 38.9. The van der Waals surface area contributed by atoms with E-state index in [0.717, 1.165) is 22.7 Å².